The molecule has 1 heterocycles. The third-order valence-corrected chi connectivity index (χ3v) is 5.04. The summed E-state index contributed by atoms with van der Waals surface area (Å²) in [5.41, 5.74) is 3.23. The fraction of sp³-hybridized carbons (Fsp3) is 0.115. The van der Waals surface area contributed by atoms with E-state index in [-0.39, 0.29) is 5.91 Å². The van der Waals surface area contributed by atoms with E-state index in [0.29, 0.717) is 51.1 Å². The molecule has 0 aliphatic rings. The van der Waals surface area contributed by atoms with Gasteiger partial charge in [0.25, 0.3) is 5.91 Å². The van der Waals surface area contributed by atoms with Crippen molar-refractivity contribution in [1.82, 2.24) is 0 Å². The molecule has 1 N–H and O–H groups in total. The standard InChI is InChI=1S/C26H22ClNO4/c1-16(2)15-31-21-11-12-23-22(14-21)24(26(29)28-19-6-4-5-18(27)13-19)25(32-23)17-7-9-20(30-3)10-8-17/h4-14H,1,15H2,2-3H3,(H,28,29). The van der Waals surface area contributed by atoms with E-state index in [1.807, 2.05) is 43.3 Å². The summed E-state index contributed by atoms with van der Waals surface area (Å²) < 4.78 is 17.2. The number of hydrogen-bond acceptors (Lipinski definition) is 4. The predicted octanol–water partition coefficient (Wildman–Crippen LogP) is 6.97. The van der Waals surface area contributed by atoms with Crippen molar-refractivity contribution in [2.75, 3.05) is 19.0 Å². The molecule has 0 atom stereocenters. The summed E-state index contributed by atoms with van der Waals surface area (Å²) in [6, 6.07) is 19.8. The molecule has 0 saturated heterocycles. The number of nitrogens with one attached hydrogen (secondary N) is 1. The third kappa shape index (κ3) is 4.63. The van der Waals surface area contributed by atoms with Crippen molar-refractivity contribution in [2.24, 2.45) is 0 Å². The number of methoxy groups -OCH3 is 1. The number of amides is 1. The van der Waals surface area contributed by atoms with Gasteiger partial charge in [-0.15, -0.1) is 0 Å². The maximum Gasteiger partial charge on any atom is 0.260 e. The quantitative estimate of drug-likeness (QED) is 0.311. The zero-order chi connectivity index (χ0) is 22.7. The van der Waals surface area contributed by atoms with E-state index in [1.54, 1.807) is 37.4 Å². The highest BCUT2D eigenvalue weighted by atomic mass is 35.5. The minimum Gasteiger partial charge on any atom is -0.497 e. The number of anilines is 1. The van der Waals surface area contributed by atoms with Gasteiger partial charge >= 0.3 is 0 Å². The number of furan rings is 1. The first-order chi connectivity index (χ1) is 15.4. The van der Waals surface area contributed by atoms with Crippen LogP contribution in [0.25, 0.3) is 22.3 Å². The van der Waals surface area contributed by atoms with Crippen LogP contribution in [0.2, 0.25) is 5.02 Å². The summed E-state index contributed by atoms with van der Waals surface area (Å²) >= 11 is 6.08. The maximum atomic E-state index is 13.4. The van der Waals surface area contributed by atoms with E-state index in [1.165, 1.54) is 0 Å². The molecular weight excluding hydrogens is 426 g/mol. The number of carbonyl (C=O) groups excluding carboxylic acids is 1. The highest BCUT2D eigenvalue weighted by Crippen LogP contribution is 2.37. The molecule has 0 bridgehead atoms. The Labute approximate surface area is 191 Å². The fourth-order valence-corrected chi connectivity index (χ4v) is 3.49. The molecule has 0 unspecified atom stereocenters. The molecule has 6 heteroatoms. The molecule has 5 nitrogen and oxygen atoms in total. The average molecular weight is 448 g/mol. The van der Waals surface area contributed by atoms with Crippen LogP contribution in [-0.4, -0.2) is 19.6 Å². The molecular formula is C26H22ClNO4. The Bertz CT molecular complexity index is 1290. The highest BCUT2D eigenvalue weighted by Gasteiger charge is 2.23. The van der Waals surface area contributed by atoms with E-state index in [4.69, 9.17) is 25.5 Å². The van der Waals surface area contributed by atoms with Crippen molar-refractivity contribution in [3.63, 3.8) is 0 Å². The van der Waals surface area contributed by atoms with Crippen LogP contribution in [0.15, 0.2) is 83.3 Å². The van der Waals surface area contributed by atoms with Crippen LogP contribution < -0.4 is 14.8 Å². The van der Waals surface area contributed by atoms with E-state index >= 15 is 0 Å². The molecule has 1 aromatic heterocycles. The van der Waals surface area contributed by atoms with Crippen LogP contribution in [-0.2, 0) is 0 Å². The summed E-state index contributed by atoms with van der Waals surface area (Å²) in [5.74, 6) is 1.48. The lowest BCUT2D eigenvalue weighted by Gasteiger charge is -2.08. The van der Waals surface area contributed by atoms with Gasteiger partial charge in [0.05, 0.1) is 12.7 Å². The van der Waals surface area contributed by atoms with Gasteiger partial charge in [-0.05, 0) is 73.2 Å². The largest absolute Gasteiger partial charge is 0.497 e. The molecule has 0 radical (unpaired) electrons. The lowest BCUT2D eigenvalue weighted by atomic mass is 10.0. The maximum absolute atomic E-state index is 13.4. The van der Waals surface area contributed by atoms with Crippen molar-refractivity contribution in [2.45, 2.75) is 6.92 Å². The Hall–Kier alpha value is -3.70. The van der Waals surface area contributed by atoms with Gasteiger partial charge in [0, 0.05) is 21.7 Å². The molecule has 4 aromatic rings. The lowest BCUT2D eigenvalue weighted by molar-refractivity contribution is 0.102. The third-order valence-electron chi connectivity index (χ3n) is 4.81. The van der Waals surface area contributed by atoms with Gasteiger partial charge in [0.15, 0.2) is 0 Å². The summed E-state index contributed by atoms with van der Waals surface area (Å²) in [6.45, 7) is 6.14. The Morgan fingerprint density at radius 3 is 2.50 bits per heavy atom. The van der Waals surface area contributed by atoms with Gasteiger partial charge in [-0.1, -0.05) is 24.2 Å². The summed E-state index contributed by atoms with van der Waals surface area (Å²) in [5, 5.41) is 4.10. The topological polar surface area (TPSA) is 60.7 Å². The van der Waals surface area contributed by atoms with Gasteiger partial charge < -0.3 is 19.2 Å². The molecule has 0 aliphatic heterocycles. The zero-order valence-corrected chi connectivity index (χ0v) is 18.5. The highest BCUT2D eigenvalue weighted by molar-refractivity contribution is 6.31. The first-order valence-corrected chi connectivity index (χ1v) is 10.4. The van der Waals surface area contributed by atoms with Crippen molar-refractivity contribution >= 4 is 34.2 Å². The number of carbonyl (C=O) groups is 1. The molecule has 3 aromatic carbocycles. The van der Waals surface area contributed by atoms with Crippen LogP contribution >= 0.6 is 11.6 Å². The zero-order valence-electron chi connectivity index (χ0n) is 17.8. The van der Waals surface area contributed by atoms with Gasteiger partial charge in [-0.2, -0.15) is 0 Å². The fourth-order valence-electron chi connectivity index (χ4n) is 3.30. The molecule has 162 valence electrons. The summed E-state index contributed by atoms with van der Waals surface area (Å²) in [7, 11) is 1.60. The Morgan fingerprint density at radius 2 is 1.81 bits per heavy atom. The second-order valence-electron chi connectivity index (χ2n) is 7.40. The average Bonchev–Trinajstić information content (AvgIpc) is 3.16. The van der Waals surface area contributed by atoms with E-state index < -0.39 is 0 Å². The predicted molar refractivity (Wildman–Crippen MR) is 128 cm³/mol. The van der Waals surface area contributed by atoms with Crippen molar-refractivity contribution in [1.29, 1.82) is 0 Å². The lowest BCUT2D eigenvalue weighted by Crippen LogP contribution is -2.12. The van der Waals surface area contributed by atoms with Gasteiger partial charge in [0.1, 0.15) is 29.4 Å². The van der Waals surface area contributed by atoms with E-state index in [9.17, 15) is 4.79 Å². The van der Waals surface area contributed by atoms with Crippen molar-refractivity contribution in [3.05, 3.63) is 89.5 Å². The molecule has 0 spiro atoms. The van der Waals surface area contributed by atoms with Gasteiger partial charge in [-0.3, -0.25) is 4.79 Å². The molecule has 0 saturated carbocycles. The van der Waals surface area contributed by atoms with Crippen LogP contribution in [0.1, 0.15) is 17.3 Å². The molecule has 0 aliphatic carbocycles. The Morgan fingerprint density at radius 1 is 1.06 bits per heavy atom. The van der Waals surface area contributed by atoms with E-state index in [0.717, 1.165) is 11.1 Å². The second-order valence-corrected chi connectivity index (χ2v) is 7.84. The molecule has 0 fully saturated rings. The number of ether oxygens (including phenoxy) is 2. The van der Waals surface area contributed by atoms with Crippen molar-refractivity contribution < 1.29 is 18.7 Å². The number of rotatable bonds is 7. The number of fused-ring (bicyclic) bond motifs is 1. The summed E-state index contributed by atoms with van der Waals surface area (Å²) in [6.07, 6.45) is 0. The number of halogens is 1. The molecule has 4 rings (SSSR count). The normalized spacial score (nSPS) is 10.7. The number of benzene rings is 3. The minimum atomic E-state index is -0.311. The first kappa shape index (κ1) is 21.5. The smallest absolute Gasteiger partial charge is 0.260 e. The van der Waals surface area contributed by atoms with Crippen molar-refractivity contribution in [3.8, 4) is 22.8 Å². The van der Waals surface area contributed by atoms with Crippen LogP contribution in [0.3, 0.4) is 0 Å². The SMILES string of the molecule is C=C(C)COc1ccc2oc(-c3ccc(OC)cc3)c(C(=O)Nc3cccc(Cl)c3)c2c1. The first-order valence-electron chi connectivity index (χ1n) is 9.99. The van der Waals surface area contributed by atoms with Gasteiger partial charge in [0.2, 0.25) is 0 Å². The van der Waals surface area contributed by atoms with Crippen LogP contribution in [0.4, 0.5) is 5.69 Å². The second kappa shape index (κ2) is 9.20. The molecule has 32 heavy (non-hydrogen) atoms. The van der Waals surface area contributed by atoms with Crippen LogP contribution in [0.5, 0.6) is 11.5 Å². The Balaban J connectivity index is 1.81. The summed E-state index contributed by atoms with van der Waals surface area (Å²) in [4.78, 5) is 13.4. The van der Waals surface area contributed by atoms with E-state index in [2.05, 4.69) is 11.9 Å². The molecule has 1 amide bonds. The minimum absolute atomic E-state index is 0.311. The monoisotopic (exact) mass is 447 g/mol. The van der Waals surface area contributed by atoms with Gasteiger partial charge in [-0.25, -0.2) is 0 Å². The number of hydrogen-bond donors (Lipinski definition) is 1. The Kier molecular flexibility index (Phi) is 6.19. The van der Waals surface area contributed by atoms with Crippen LogP contribution in [0, 0.1) is 0 Å².